The molecule has 2 N–H and O–H groups in total. The van der Waals surface area contributed by atoms with Gasteiger partial charge in [0.2, 0.25) is 0 Å². The van der Waals surface area contributed by atoms with Crippen LogP contribution < -0.4 is 10.1 Å². The molecule has 2 aromatic rings. The van der Waals surface area contributed by atoms with Gasteiger partial charge in [-0.05, 0) is 43.0 Å². The lowest BCUT2D eigenvalue weighted by Crippen LogP contribution is -2.42. The molecule has 24 heavy (non-hydrogen) atoms. The Balaban J connectivity index is 1.97. The van der Waals surface area contributed by atoms with Crippen LogP contribution in [0.4, 0.5) is 0 Å². The number of nitrogens with one attached hydrogen (secondary N) is 1. The van der Waals surface area contributed by atoms with Crippen LogP contribution in [0, 0.1) is 0 Å². The van der Waals surface area contributed by atoms with Crippen molar-refractivity contribution in [3.8, 4) is 5.75 Å². The predicted molar refractivity (Wildman–Crippen MR) is 97.9 cm³/mol. The van der Waals surface area contributed by atoms with Crippen LogP contribution in [0.25, 0.3) is 0 Å². The summed E-state index contributed by atoms with van der Waals surface area (Å²) in [6.45, 7) is 1.90. The molecule has 0 radical (unpaired) electrons. The van der Waals surface area contributed by atoms with E-state index in [4.69, 9.17) is 4.74 Å². The number of benzene rings is 2. The first kappa shape index (κ1) is 18.4. The first-order valence-electron chi connectivity index (χ1n) is 7.72. The summed E-state index contributed by atoms with van der Waals surface area (Å²) < 4.78 is 5.13. The second kappa shape index (κ2) is 8.22. The molecule has 5 heteroatoms. The molecule has 0 heterocycles. The fraction of sp³-hybridized carbons (Fsp3) is 0.316. The maximum atomic E-state index is 12.4. The average molecular weight is 345 g/mol. The summed E-state index contributed by atoms with van der Waals surface area (Å²) in [6.07, 6.45) is 2.38. The van der Waals surface area contributed by atoms with E-state index in [1.165, 1.54) is 11.8 Å². The number of hydrogen-bond donors (Lipinski definition) is 2. The zero-order valence-electron chi connectivity index (χ0n) is 14.2. The Hall–Kier alpha value is -1.98. The van der Waals surface area contributed by atoms with Crippen LogP contribution in [0.2, 0.25) is 0 Å². The molecule has 1 atom stereocenters. The lowest BCUT2D eigenvalue weighted by Gasteiger charge is -2.24. The Morgan fingerprint density at radius 3 is 2.50 bits per heavy atom. The highest BCUT2D eigenvalue weighted by atomic mass is 32.2. The molecular formula is C19H23NO3S. The number of carbonyl (C=O) groups excluding carboxylic acids is 1. The third-order valence-corrected chi connectivity index (χ3v) is 4.52. The molecule has 0 bridgehead atoms. The topological polar surface area (TPSA) is 58.6 Å². The molecule has 4 nitrogen and oxygen atoms in total. The second-order valence-electron chi connectivity index (χ2n) is 5.90. The van der Waals surface area contributed by atoms with Crippen LogP contribution in [-0.4, -0.2) is 36.5 Å². The number of hydrogen-bond acceptors (Lipinski definition) is 4. The van der Waals surface area contributed by atoms with Crippen molar-refractivity contribution in [1.29, 1.82) is 0 Å². The van der Waals surface area contributed by atoms with E-state index in [0.29, 0.717) is 12.0 Å². The minimum atomic E-state index is -1.03. The lowest BCUT2D eigenvalue weighted by molar-refractivity contribution is 0.0552. The van der Waals surface area contributed by atoms with Gasteiger partial charge in [-0.15, -0.1) is 11.8 Å². The van der Waals surface area contributed by atoms with Crippen LogP contribution in [0.5, 0.6) is 5.75 Å². The molecule has 0 fully saturated rings. The maximum absolute atomic E-state index is 12.4. The van der Waals surface area contributed by atoms with Crippen LogP contribution in [0.1, 0.15) is 22.8 Å². The van der Waals surface area contributed by atoms with Crippen LogP contribution in [0.15, 0.2) is 53.4 Å². The van der Waals surface area contributed by atoms with Crippen molar-refractivity contribution in [2.45, 2.75) is 23.8 Å². The molecule has 0 saturated heterocycles. The van der Waals surface area contributed by atoms with Gasteiger partial charge in [0.05, 0.1) is 18.3 Å². The quantitative estimate of drug-likeness (QED) is 0.757. The van der Waals surface area contributed by atoms with Gasteiger partial charge in [0.15, 0.2) is 0 Å². The van der Waals surface area contributed by atoms with Gasteiger partial charge in [-0.3, -0.25) is 4.79 Å². The van der Waals surface area contributed by atoms with E-state index in [-0.39, 0.29) is 12.5 Å². The van der Waals surface area contributed by atoms with Crippen LogP contribution in [-0.2, 0) is 6.42 Å². The highest BCUT2D eigenvalue weighted by molar-refractivity contribution is 7.98. The molecule has 0 saturated carbocycles. The van der Waals surface area contributed by atoms with E-state index in [0.717, 1.165) is 16.2 Å². The number of amides is 1. The number of aliphatic hydroxyl groups is 1. The third-order valence-electron chi connectivity index (χ3n) is 3.73. The Labute approximate surface area is 147 Å². The summed E-state index contributed by atoms with van der Waals surface area (Å²) in [7, 11) is 1.62. The molecule has 2 aromatic carbocycles. The van der Waals surface area contributed by atoms with E-state index in [1.54, 1.807) is 20.1 Å². The SMILES string of the molecule is COc1ccc(C[C@@](C)(O)CNC(=O)c2ccccc2SC)cc1. The minimum absolute atomic E-state index is 0.171. The Morgan fingerprint density at radius 1 is 1.21 bits per heavy atom. The summed E-state index contributed by atoms with van der Waals surface area (Å²) in [5, 5.41) is 13.4. The normalized spacial score (nSPS) is 13.2. The molecule has 1 amide bonds. The maximum Gasteiger partial charge on any atom is 0.252 e. The molecule has 0 spiro atoms. The van der Waals surface area contributed by atoms with Crippen molar-refractivity contribution in [3.05, 3.63) is 59.7 Å². The van der Waals surface area contributed by atoms with Gasteiger partial charge in [-0.1, -0.05) is 24.3 Å². The van der Waals surface area contributed by atoms with E-state index in [9.17, 15) is 9.90 Å². The number of thioether (sulfide) groups is 1. The monoisotopic (exact) mass is 345 g/mol. The highest BCUT2D eigenvalue weighted by Gasteiger charge is 2.22. The van der Waals surface area contributed by atoms with Crippen molar-refractivity contribution >= 4 is 17.7 Å². The zero-order valence-corrected chi connectivity index (χ0v) is 15.0. The summed E-state index contributed by atoms with van der Waals surface area (Å²) in [5.74, 6) is 0.607. The van der Waals surface area contributed by atoms with Gasteiger partial charge >= 0.3 is 0 Å². The summed E-state index contributed by atoms with van der Waals surface area (Å²) in [6, 6.07) is 15.0. The van der Waals surface area contributed by atoms with Gasteiger partial charge in [0.1, 0.15) is 5.75 Å². The Morgan fingerprint density at radius 2 is 1.88 bits per heavy atom. The van der Waals surface area contributed by atoms with E-state index >= 15 is 0 Å². The molecule has 0 aliphatic rings. The number of carbonyl (C=O) groups is 1. The number of methoxy groups -OCH3 is 1. The Kier molecular flexibility index (Phi) is 6.29. The summed E-state index contributed by atoms with van der Waals surface area (Å²) in [4.78, 5) is 13.3. The number of ether oxygens (including phenoxy) is 1. The van der Waals surface area contributed by atoms with Crippen LogP contribution in [0.3, 0.4) is 0 Å². The number of rotatable bonds is 7. The third kappa shape index (κ3) is 5.01. The fourth-order valence-electron chi connectivity index (χ4n) is 2.44. The molecular weight excluding hydrogens is 322 g/mol. The summed E-state index contributed by atoms with van der Waals surface area (Å²) >= 11 is 1.53. The molecule has 0 aliphatic carbocycles. The van der Waals surface area contributed by atoms with Crippen molar-refractivity contribution in [2.24, 2.45) is 0 Å². The second-order valence-corrected chi connectivity index (χ2v) is 6.75. The van der Waals surface area contributed by atoms with Gasteiger partial charge in [0, 0.05) is 17.9 Å². The lowest BCUT2D eigenvalue weighted by atomic mass is 9.96. The van der Waals surface area contributed by atoms with E-state index < -0.39 is 5.60 Å². The van der Waals surface area contributed by atoms with Crippen molar-refractivity contribution < 1.29 is 14.6 Å². The van der Waals surface area contributed by atoms with Crippen molar-refractivity contribution in [1.82, 2.24) is 5.32 Å². The zero-order chi connectivity index (χ0) is 17.6. The molecule has 0 aliphatic heterocycles. The van der Waals surface area contributed by atoms with E-state index in [2.05, 4.69) is 5.32 Å². The van der Waals surface area contributed by atoms with Crippen LogP contribution >= 0.6 is 11.8 Å². The summed E-state index contributed by atoms with van der Waals surface area (Å²) in [5.41, 5.74) is 0.586. The van der Waals surface area contributed by atoms with Gasteiger partial charge in [0.25, 0.3) is 5.91 Å². The van der Waals surface area contributed by atoms with Gasteiger partial charge in [-0.25, -0.2) is 0 Å². The smallest absolute Gasteiger partial charge is 0.252 e. The molecule has 0 unspecified atom stereocenters. The largest absolute Gasteiger partial charge is 0.497 e. The first-order chi connectivity index (χ1) is 11.4. The molecule has 128 valence electrons. The molecule has 0 aromatic heterocycles. The highest BCUT2D eigenvalue weighted by Crippen LogP contribution is 2.20. The average Bonchev–Trinajstić information content (AvgIpc) is 2.60. The minimum Gasteiger partial charge on any atom is -0.497 e. The first-order valence-corrected chi connectivity index (χ1v) is 8.94. The standard InChI is InChI=1S/C19H23NO3S/c1-19(22,12-14-8-10-15(23-2)11-9-14)13-20-18(21)16-6-4-5-7-17(16)24-3/h4-11,22H,12-13H2,1-3H3,(H,20,21)/t19-/m1/s1. The fourth-order valence-corrected chi connectivity index (χ4v) is 3.04. The molecule has 2 rings (SSSR count). The van der Waals surface area contributed by atoms with Crippen molar-refractivity contribution in [2.75, 3.05) is 19.9 Å². The van der Waals surface area contributed by atoms with E-state index in [1.807, 2.05) is 48.7 Å². The van der Waals surface area contributed by atoms with Gasteiger partial charge in [-0.2, -0.15) is 0 Å². The predicted octanol–water partition coefficient (Wildman–Crippen LogP) is 3.14. The van der Waals surface area contributed by atoms with Crippen molar-refractivity contribution in [3.63, 3.8) is 0 Å². The Bertz CT molecular complexity index is 683. The van der Waals surface area contributed by atoms with Gasteiger partial charge < -0.3 is 15.2 Å².